The Kier molecular flexibility index (Phi) is 5.64. The van der Waals surface area contributed by atoms with Crippen molar-refractivity contribution in [2.24, 2.45) is 0 Å². The topological polar surface area (TPSA) is 105 Å². The summed E-state index contributed by atoms with van der Waals surface area (Å²) in [6.45, 7) is 4.47. The van der Waals surface area contributed by atoms with Crippen LogP contribution in [0.1, 0.15) is 23.7 Å². The summed E-state index contributed by atoms with van der Waals surface area (Å²) >= 11 is 0. The standard InChI is InChI=1S/C15H20N4O4/c1-11-10-16-8-9-18(11)14(20)6-7-17-15(21)12-2-4-13(5-3-12)19(22)23/h2-5,11,16H,6-10H2,1H3,(H,17,21)/t11-/m0/s1. The maximum absolute atomic E-state index is 12.1. The number of nitro benzene ring substituents is 1. The minimum absolute atomic E-state index is 0.0167. The van der Waals surface area contributed by atoms with Crippen molar-refractivity contribution in [1.29, 1.82) is 0 Å². The largest absolute Gasteiger partial charge is 0.352 e. The zero-order valence-corrected chi connectivity index (χ0v) is 12.9. The highest BCUT2D eigenvalue weighted by molar-refractivity contribution is 5.94. The lowest BCUT2D eigenvalue weighted by atomic mass is 10.2. The van der Waals surface area contributed by atoms with Gasteiger partial charge in [0.25, 0.3) is 11.6 Å². The molecule has 8 heteroatoms. The van der Waals surface area contributed by atoms with Crippen LogP contribution in [0.15, 0.2) is 24.3 Å². The van der Waals surface area contributed by atoms with Gasteiger partial charge in [0, 0.05) is 56.3 Å². The number of nitrogens with one attached hydrogen (secondary N) is 2. The lowest BCUT2D eigenvalue weighted by Gasteiger charge is -2.34. The Hall–Kier alpha value is -2.48. The van der Waals surface area contributed by atoms with E-state index < -0.39 is 4.92 Å². The van der Waals surface area contributed by atoms with Crippen LogP contribution in [0.4, 0.5) is 5.69 Å². The molecular formula is C15H20N4O4. The first-order valence-corrected chi connectivity index (χ1v) is 7.52. The molecule has 1 fully saturated rings. The fourth-order valence-electron chi connectivity index (χ4n) is 2.47. The van der Waals surface area contributed by atoms with Crippen LogP contribution in [0, 0.1) is 10.1 Å². The number of piperazine rings is 1. The normalized spacial score (nSPS) is 17.6. The second-order valence-electron chi connectivity index (χ2n) is 5.45. The predicted octanol–water partition coefficient (Wildman–Crippen LogP) is 0.535. The van der Waals surface area contributed by atoms with Crippen LogP contribution in [0.5, 0.6) is 0 Å². The van der Waals surface area contributed by atoms with E-state index in [9.17, 15) is 19.7 Å². The number of non-ortho nitro benzene ring substituents is 1. The highest BCUT2D eigenvalue weighted by atomic mass is 16.6. The summed E-state index contributed by atoms with van der Waals surface area (Å²) in [6, 6.07) is 5.51. The Bertz CT molecular complexity index is 588. The van der Waals surface area contributed by atoms with Gasteiger partial charge in [0.2, 0.25) is 5.91 Å². The van der Waals surface area contributed by atoms with Crippen molar-refractivity contribution in [2.75, 3.05) is 26.2 Å². The monoisotopic (exact) mass is 320 g/mol. The van der Waals surface area contributed by atoms with Crippen LogP contribution in [0.2, 0.25) is 0 Å². The van der Waals surface area contributed by atoms with E-state index in [1.165, 1.54) is 24.3 Å². The quantitative estimate of drug-likeness (QED) is 0.608. The molecule has 0 aliphatic carbocycles. The maximum atomic E-state index is 12.1. The van der Waals surface area contributed by atoms with Gasteiger partial charge in [0.15, 0.2) is 0 Å². The zero-order chi connectivity index (χ0) is 16.8. The van der Waals surface area contributed by atoms with Gasteiger partial charge in [-0.1, -0.05) is 0 Å². The van der Waals surface area contributed by atoms with Crippen molar-refractivity contribution >= 4 is 17.5 Å². The number of carbonyl (C=O) groups excluding carboxylic acids is 2. The first kappa shape index (κ1) is 16.9. The first-order chi connectivity index (χ1) is 11.0. The predicted molar refractivity (Wildman–Crippen MR) is 84.1 cm³/mol. The summed E-state index contributed by atoms with van der Waals surface area (Å²) in [5, 5.41) is 16.4. The fourth-order valence-corrected chi connectivity index (χ4v) is 2.47. The highest BCUT2D eigenvalue weighted by Crippen LogP contribution is 2.11. The van der Waals surface area contributed by atoms with E-state index in [1.54, 1.807) is 0 Å². The Balaban J connectivity index is 1.80. The molecule has 1 aromatic carbocycles. The first-order valence-electron chi connectivity index (χ1n) is 7.52. The van der Waals surface area contributed by atoms with E-state index in [4.69, 9.17) is 0 Å². The smallest absolute Gasteiger partial charge is 0.269 e. The SMILES string of the molecule is C[C@H]1CNCCN1C(=O)CCNC(=O)c1ccc([N+](=O)[O-])cc1. The van der Waals surface area contributed by atoms with E-state index in [-0.39, 0.29) is 36.5 Å². The molecule has 2 rings (SSSR count). The van der Waals surface area contributed by atoms with Crippen molar-refractivity contribution in [3.8, 4) is 0 Å². The summed E-state index contributed by atoms with van der Waals surface area (Å²) < 4.78 is 0. The third-order valence-electron chi connectivity index (χ3n) is 3.79. The van der Waals surface area contributed by atoms with E-state index >= 15 is 0 Å². The van der Waals surface area contributed by atoms with Gasteiger partial charge in [-0.3, -0.25) is 19.7 Å². The molecule has 124 valence electrons. The van der Waals surface area contributed by atoms with E-state index in [1.807, 2.05) is 11.8 Å². The average molecular weight is 320 g/mol. The van der Waals surface area contributed by atoms with Crippen LogP contribution in [0.3, 0.4) is 0 Å². The Morgan fingerprint density at radius 2 is 2.09 bits per heavy atom. The van der Waals surface area contributed by atoms with Crippen LogP contribution < -0.4 is 10.6 Å². The molecule has 0 bridgehead atoms. The van der Waals surface area contributed by atoms with E-state index in [0.717, 1.165) is 13.1 Å². The maximum Gasteiger partial charge on any atom is 0.269 e. The van der Waals surface area contributed by atoms with Gasteiger partial charge in [0.05, 0.1) is 4.92 Å². The summed E-state index contributed by atoms with van der Waals surface area (Å²) in [6.07, 6.45) is 0.239. The number of rotatable bonds is 5. The highest BCUT2D eigenvalue weighted by Gasteiger charge is 2.22. The second-order valence-corrected chi connectivity index (χ2v) is 5.45. The molecule has 8 nitrogen and oxygen atoms in total. The van der Waals surface area contributed by atoms with Gasteiger partial charge < -0.3 is 15.5 Å². The van der Waals surface area contributed by atoms with Crippen LogP contribution in [-0.2, 0) is 4.79 Å². The average Bonchev–Trinajstić information content (AvgIpc) is 2.55. The molecule has 1 saturated heterocycles. The number of benzene rings is 1. The molecule has 2 amide bonds. The van der Waals surface area contributed by atoms with Crippen molar-refractivity contribution in [1.82, 2.24) is 15.5 Å². The number of carbonyl (C=O) groups is 2. The Morgan fingerprint density at radius 1 is 1.39 bits per heavy atom. The van der Waals surface area contributed by atoms with E-state index in [2.05, 4.69) is 10.6 Å². The van der Waals surface area contributed by atoms with Gasteiger partial charge in [0.1, 0.15) is 0 Å². The molecule has 0 unspecified atom stereocenters. The molecule has 1 aliphatic rings. The molecular weight excluding hydrogens is 300 g/mol. The number of hydrogen-bond acceptors (Lipinski definition) is 5. The molecule has 0 saturated carbocycles. The molecule has 1 aliphatic heterocycles. The minimum Gasteiger partial charge on any atom is -0.352 e. The van der Waals surface area contributed by atoms with Crippen molar-refractivity contribution in [3.05, 3.63) is 39.9 Å². The summed E-state index contributed by atoms with van der Waals surface area (Å²) in [5.41, 5.74) is 0.267. The molecule has 0 spiro atoms. The van der Waals surface area contributed by atoms with Crippen molar-refractivity contribution in [3.63, 3.8) is 0 Å². The number of nitro groups is 1. The van der Waals surface area contributed by atoms with Crippen LogP contribution in [0.25, 0.3) is 0 Å². The molecule has 0 aromatic heterocycles. The molecule has 1 atom stereocenters. The minimum atomic E-state index is -0.519. The second kappa shape index (κ2) is 7.68. The van der Waals surface area contributed by atoms with Crippen molar-refractivity contribution in [2.45, 2.75) is 19.4 Å². The lowest BCUT2D eigenvalue weighted by Crippen LogP contribution is -2.52. The van der Waals surface area contributed by atoms with Crippen molar-refractivity contribution < 1.29 is 14.5 Å². The molecule has 1 aromatic rings. The Labute approximate surface area is 134 Å². The third-order valence-corrected chi connectivity index (χ3v) is 3.79. The van der Waals surface area contributed by atoms with Gasteiger partial charge in [-0.15, -0.1) is 0 Å². The third kappa shape index (κ3) is 4.49. The number of hydrogen-bond donors (Lipinski definition) is 2. The summed E-state index contributed by atoms with van der Waals surface area (Å²) in [4.78, 5) is 35.9. The van der Waals surface area contributed by atoms with Gasteiger partial charge >= 0.3 is 0 Å². The van der Waals surface area contributed by atoms with Gasteiger partial charge in [-0.2, -0.15) is 0 Å². The Morgan fingerprint density at radius 3 is 2.70 bits per heavy atom. The summed E-state index contributed by atoms with van der Waals surface area (Å²) in [7, 11) is 0. The molecule has 2 N–H and O–H groups in total. The number of amides is 2. The zero-order valence-electron chi connectivity index (χ0n) is 12.9. The fraction of sp³-hybridized carbons (Fsp3) is 0.467. The lowest BCUT2D eigenvalue weighted by molar-refractivity contribution is -0.384. The molecule has 1 heterocycles. The van der Waals surface area contributed by atoms with Gasteiger partial charge in [-0.25, -0.2) is 0 Å². The summed E-state index contributed by atoms with van der Waals surface area (Å²) in [5.74, 6) is -0.330. The molecule has 0 radical (unpaired) electrons. The van der Waals surface area contributed by atoms with Crippen LogP contribution >= 0.6 is 0 Å². The van der Waals surface area contributed by atoms with Gasteiger partial charge in [-0.05, 0) is 19.1 Å². The van der Waals surface area contributed by atoms with Crippen LogP contribution in [-0.4, -0.2) is 53.9 Å². The molecule has 23 heavy (non-hydrogen) atoms. The van der Waals surface area contributed by atoms with E-state index in [0.29, 0.717) is 12.1 Å². The number of nitrogens with zero attached hydrogens (tertiary/aromatic N) is 2.